The molecule has 0 saturated heterocycles. The maximum absolute atomic E-state index is 13.5. The average molecular weight is 239 g/mol. The summed E-state index contributed by atoms with van der Waals surface area (Å²) in [5, 5.41) is 0.548. The van der Waals surface area contributed by atoms with Gasteiger partial charge in [-0.1, -0.05) is 13.0 Å². The van der Waals surface area contributed by atoms with Gasteiger partial charge in [-0.3, -0.25) is 0 Å². The van der Waals surface area contributed by atoms with E-state index < -0.39 is 11.6 Å². The lowest BCUT2D eigenvalue weighted by molar-refractivity contribution is 0.511. The van der Waals surface area contributed by atoms with Crippen molar-refractivity contribution >= 4 is 11.3 Å². The second kappa shape index (κ2) is 4.29. The van der Waals surface area contributed by atoms with E-state index in [4.69, 9.17) is 0 Å². The maximum Gasteiger partial charge on any atom is 0.169 e. The van der Waals surface area contributed by atoms with Crippen LogP contribution >= 0.6 is 11.3 Å². The Hall–Kier alpha value is -1.29. The Kier molecular flexibility index (Phi) is 3.01. The van der Waals surface area contributed by atoms with Crippen molar-refractivity contribution in [3.63, 3.8) is 0 Å². The number of rotatable bonds is 2. The van der Waals surface area contributed by atoms with Crippen molar-refractivity contribution in [1.29, 1.82) is 0 Å². The molecule has 0 radical (unpaired) electrons. The Morgan fingerprint density at radius 2 is 2.06 bits per heavy atom. The summed E-state index contributed by atoms with van der Waals surface area (Å²) >= 11 is 1.42. The van der Waals surface area contributed by atoms with Crippen LogP contribution in [0.25, 0.3) is 10.6 Å². The van der Waals surface area contributed by atoms with E-state index in [0.717, 1.165) is 23.1 Å². The molecule has 2 rings (SSSR count). The third-order valence-electron chi connectivity index (χ3n) is 2.40. The molecule has 0 saturated carbocycles. The Labute approximate surface area is 96.8 Å². The van der Waals surface area contributed by atoms with Crippen molar-refractivity contribution in [3.8, 4) is 10.6 Å². The van der Waals surface area contributed by atoms with E-state index in [2.05, 4.69) is 4.98 Å². The molecule has 0 spiro atoms. The second-order valence-corrected chi connectivity index (χ2v) is 4.57. The van der Waals surface area contributed by atoms with Gasteiger partial charge in [0.1, 0.15) is 5.01 Å². The molecule has 16 heavy (non-hydrogen) atoms. The molecule has 84 valence electrons. The van der Waals surface area contributed by atoms with Gasteiger partial charge in [0.25, 0.3) is 0 Å². The Balaban J connectivity index is 2.54. The highest BCUT2D eigenvalue weighted by molar-refractivity contribution is 7.15. The van der Waals surface area contributed by atoms with Crippen molar-refractivity contribution in [1.82, 2.24) is 4.98 Å². The molecule has 0 fully saturated rings. The zero-order valence-electron chi connectivity index (χ0n) is 9.05. The molecule has 1 nitrogen and oxygen atoms in total. The summed E-state index contributed by atoms with van der Waals surface area (Å²) < 4.78 is 26.6. The molecule has 0 bridgehead atoms. The van der Waals surface area contributed by atoms with Crippen LogP contribution < -0.4 is 0 Å². The van der Waals surface area contributed by atoms with Crippen molar-refractivity contribution in [2.75, 3.05) is 0 Å². The van der Waals surface area contributed by atoms with E-state index in [1.807, 2.05) is 13.8 Å². The van der Waals surface area contributed by atoms with E-state index in [1.165, 1.54) is 17.4 Å². The number of nitrogens with zero attached hydrogens (tertiary/aromatic N) is 1. The highest BCUT2D eigenvalue weighted by atomic mass is 32.1. The minimum Gasteiger partial charge on any atom is -0.241 e. The van der Waals surface area contributed by atoms with Crippen LogP contribution in [-0.4, -0.2) is 4.98 Å². The molecule has 0 amide bonds. The molecule has 0 aliphatic rings. The van der Waals surface area contributed by atoms with E-state index in [9.17, 15) is 8.78 Å². The molecule has 0 atom stereocenters. The number of hydrogen-bond donors (Lipinski definition) is 0. The molecule has 0 unspecified atom stereocenters. The predicted molar refractivity (Wildman–Crippen MR) is 61.6 cm³/mol. The molecule has 0 aliphatic heterocycles. The summed E-state index contributed by atoms with van der Waals surface area (Å²) in [6.07, 6.45) is 0.862. The molecule has 1 aromatic carbocycles. The number of halogens is 2. The van der Waals surface area contributed by atoms with Gasteiger partial charge in [0.2, 0.25) is 0 Å². The van der Waals surface area contributed by atoms with Crippen LogP contribution in [0.15, 0.2) is 18.2 Å². The van der Waals surface area contributed by atoms with Gasteiger partial charge >= 0.3 is 0 Å². The minimum absolute atomic E-state index is 0.243. The standard InChI is InChI=1S/C12H11F2NS/c1-3-10-7(2)15-12(16-10)8-5-4-6-9(13)11(8)14/h4-6H,3H2,1-2H3. The molecule has 1 heterocycles. The highest BCUT2D eigenvalue weighted by Crippen LogP contribution is 2.30. The van der Waals surface area contributed by atoms with Crippen LogP contribution in [0.1, 0.15) is 17.5 Å². The van der Waals surface area contributed by atoms with Crippen LogP contribution in [0, 0.1) is 18.6 Å². The summed E-state index contributed by atoms with van der Waals surface area (Å²) in [5.74, 6) is -1.65. The third kappa shape index (κ3) is 1.85. The largest absolute Gasteiger partial charge is 0.241 e. The molecule has 1 aromatic heterocycles. The summed E-state index contributed by atoms with van der Waals surface area (Å²) in [5.41, 5.74) is 1.14. The van der Waals surface area contributed by atoms with Gasteiger partial charge < -0.3 is 0 Å². The van der Waals surface area contributed by atoms with Gasteiger partial charge in [0.15, 0.2) is 11.6 Å². The number of thiazole rings is 1. The topological polar surface area (TPSA) is 12.9 Å². The fourth-order valence-corrected chi connectivity index (χ4v) is 2.56. The number of aromatic nitrogens is 1. The number of benzene rings is 1. The average Bonchev–Trinajstić information content (AvgIpc) is 2.63. The zero-order valence-corrected chi connectivity index (χ0v) is 9.87. The first-order valence-corrected chi connectivity index (χ1v) is 5.85. The predicted octanol–water partition coefficient (Wildman–Crippen LogP) is 3.96. The Morgan fingerprint density at radius 3 is 2.69 bits per heavy atom. The van der Waals surface area contributed by atoms with Crippen molar-refractivity contribution in [3.05, 3.63) is 40.4 Å². The number of aryl methyl sites for hydroxylation is 2. The maximum atomic E-state index is 13.5. The summed E-state index contributed by atoms with van der Waals surface area (Å²) in [4.78, 5) is 5.38. The second-order valence-electron chi connectivity index (χ2n) is 3.48. The fraction of sp³-hybridized carbons (Fsp3) is 0.250. The van der Waals surface area contributed by atoms with Crippen LogP contribution in [0.2, 0.25) is 0 Å². The van der Waals surface area contributed by atoms with Crippen LogP contribution in [0.5, 0.6) is 0 Å². The van der Waals surface area contributed by atoms with Gasteiger partial charge in [-0.2, -0.15) is 0 Å². The van der Waals surface area contributed by atoms with Crippen molar-refractivity contribution in [2.45, 2.75) is 20.3 Å². The first-order chi connectivity index (χ1) is 7.63. The lowest BCUT2D eigenvalue weighted by Gasteiger charge is -1.98. The normalized spacial score (nSPS) is 10.8. The van der Waals surface area contributed by atoms with Crippen LogP contribution in [0.3, 0.4) is 0 Å². The smallest absolute Gasteiger partial charge is 0.169 e. The van der Waals surface area contributed by atoms with Crippen LogP contribution in [-0.2, 0) is 6.42 Å². The van der Waals surface area contributed by atoms with E-state index in [-0.39, 0.29) is 5.56 Å². The van der Waals surface area contributed by atoms with Gasteiger partial charge in [0.05, 0.1) is 5.69 Å². The summed E-state index contributed by atoms with van der Waals surface area (Å²) in [6.45, 7) is 3.91. The first-order valence-electron chi connectivity index (χ1n) is 5.04. The Bertz CT molecular complexity index is 520. The molecule has 0 aliphatic carbocycles. The molecule has 0 N–H and O–H groups in total. The molecule has 4 heteroatoms. The lowest BCUT2D eigenvalue weighted by Crippen LogP contribution is -1.88. The monoisotopic (exact) mass is 239 g/mol. The lowest BCUT2D eigenvalue weighted by atomic mass is 10.2. The van der Waals surface area contributed by atoms with Gasteiger partial charge in [-0.25, -0.2) is 13.8 Å². The minimum atomic E-state index is -0.830. The Morgan fingerprint density at radius 1 is 1.31 bits per heavy atom. The molecular weight excluding hydrogens is 228 g/mol. The zero-order chi connectivity index (χ0) is 11.7. The van der Waals surface area contributed by atoms with Crippen LogP contribution in [0.4, 0.5) is 8.78 Å². The van der Waals surface area contributed by atoms with Crippen molar-refractivity contribution < 1.29 is 8.78 Å². The molecular formula is C12H11F2NS. The van der Waals surface area contributed by atoms with Crippen molar-refractivity contribution in [2.24, 2.45) is 0 Å². The SMILES string of the molecule is CCc1sc(-c2cccc(F)c2F)nc1C. The van der Waals surface area contributed by atoms with Gasteiger partial charge in [-0.05, 0) is 25.5 Å². The van der Waals surface area contributed by atoms with Gasteiger partial charge in [0, 0.05) is 10.4 Å². The summed E-state index contributed by atoms with van der Waals surface area (Å²) in [6, 6.07) is 4.16. The number of hydrogen-bond acceptors (Lipinski definition) is 2. The quantitative estimate of drug-likeness (QED) is 0.773. The van der Waals surface area contributed by atoms with E-state index in [0.29, 0.717) is 5.01 Å². The first kappa shape index (κ1) is 11.2. The highest BCUT2D eigenvalue weighted by Gasteiger charge is 2.14. The molecule has 2 aromatic rings. The fourth-order valence-electron chi connectivity index (χ4n) is 1.54. The van der Waals surface area contributed by atoms with E-state index >= 15 is 0 Å². The van der Waals surface area contributed by atoms with E-state index in [1.54, 1.807) is 6.07 Å². The third-order valence-corrected chi connectivity index (χ3v) is 3.73. The summed E-state index contributed by atoms with van der Waals surface area (Å²) in [7, 11) is 0. The van der Waals surface area contributed by atoms with Gasteiger partial charge in [-0.15, -0.1) is 11.3 Å².